The molecule has 2 nitrogen and oxygen atoms in total. The van der Waals surface area contributed by atoms with Gasteiger partial charge in [-0.25, -0.2) is 0 Å². The zero-order valence-corrected chi connectivity index (χ0v) is 22.9. The van der Waals surface area contributed by atoms with Crippen molar-refractivity contribution < 1.29 is 0 Å². The summed E-state index contributed by atoms with van der Waals surface area (Å²) in [4.78, 5) is 0. The van der Waals surface area contributed by atoms with E-state index in [9.17, 15) is 0 Å². The molecule has 0 amide bonds. The number of nitrogens with zero attached hydrogens (tertiary/aromatic N) is 1. The Kier molecular flexibility index (Phi) is 5.36. The molecule has 188 valence electrons. The number of aromatic nitrogens is 1. The van der Waals surface area contributed by atoms with E-state index in [2.05, 4.69) is 125 Å². The van der Waals surface area contributed by atoms with Gasteiger partial charge >= 0.3 is 0 Å². The zero-order valence-electron chi connectivity index (χ0n) is 22.9. The van der Waals surface area contributed by atoms with Crippen LogP contribution in [0.25, 0.3) is 39.4 Å². The Balaban J connectivity index is 2.03. The van der Waals surface area contributed by atoms with E-state index in [1.165, 1.54) is 61.1 Å². The van der Waals surface area contributed by atoms with Crippen LogP contribution in [0, 0.1) is 5.41 Å². The van der Waals surface area contributed by atoms with Gasteiger partial charge in [-0.3, -0.25) is 0 Å². The first-order valence-electron chi connectivity index (χ1n) is 13.3. The average Bonchev–Trinajstić information content (AvgIpc) is 3.36. The van der Waals surface area contributed by atoms with Crippen LogP contribution in [-0.2, 0) is 10.8 Å². The van der Waals surface area contributed by atoms with Crippen LogP contribution in [0.15, 0.2) is 91.5 Å². The Morgan fingerprint density at radius 2 is 1.50 bits per heavy atom. The number of nitrogens with one attached hydrogen (secondary N) is 1. The summed E-state index contributed by atoms with van der Waals surface area (Å²) in [7, 11) is 0. The number of fused-ring (bicyclic) bond motifs is 7. The van der Waals surface area contributed by atoms with Crippen LogP contribution < -0.4 is 10.6 Å². The summed E-state index contributed by atoms with van der Waals surface area (Å²) >= 11 is 0. The molecule has 3 aromatic carbocycles. The molecule has 1 N–H and O–H groups in total. The third-order valence-electron chi connectivity index (χ3n) is 8.84. The first-order valence-corrected chi connectivity index (χ1v) is 13.3. The molecule has 4 aromatic rings. The molecule has 38 heavy (non-hydrogen) atoms. The summed E-state index contributed by atoms with van der Waals surface area (Å²) in [6.07, 6.45) is 7.59. The number of hydrogen-bond acceptors (Lipinski definition) is 1. The van der Waals surface area contributed by atoms with Gasteiger partial charge in [0.2, 0.25) is 0 Å². The Bertz CT molecular complexity index is 1850. The Morgan fingerprint density at radius 3 is 2.24 bits per heavy atom. The number of rotatable bonds is 3. The smallest absolute Gasteiger partial charge is 0.0637 e. The lowest BCUT2D eigenvalue weighted by atomic mass is 9.75. The molecule has 2 aliphatic carbocycles. The van der Waals surface area contributed by atoms with Crippen molar-refractivity contribution >= 4 is 45.6 Å². The molecule has 0 spiro atoms. The first kappa shape index (κ1) is 24.2. The lowest BCUT2D eigenvalue weighted by Crippen LogP contribution is -2.39. The van der Waals surface area contributed by atoms with Gasteiger partial charge in [-0.15, -0.1) is 0 Å². The van der Waals surface area contributed by atoms with Crippen molar-refractivity contribution in [3.8, 4) is 0 Å². The van der Waals surface area contributed by atoms with Gasteiger partial charge in [0.05, 0.1) is 16.6 Å². The van der Waals surface area contributed by atoms with Crippen LogP contribution >= 0.6 is 0 Å². The van der Waals surface area contributed by atoms with Gasteiger partial charge in [0.15, 0.2) is 0 Å². The highest BCUT2D eigenvalue weighted by Gasteiger charge is 2.41. The predicted molar refractivity (Wildman–Crippen MR) is 164 cm³/mol. The van der Waals surface area contributed by atoms with Gasteiger partial charge < -0.3 is 9.98 Å². The van der Waals surface area contributed by atoms with E-state index in [-0.39, 0.29) is 10.8 Å². The van der Waals surface area contributed by atoms with Crippen molar-refractivity contribution in [2.75, 3.05) is 0 Å². The predicted octanol–water partition coefficient (Wildman–Crippen LogP) is 7.46. The molecule has 0 saturated heterocycles. The van der Waals surface area contributed by atoms with Crippen molar-refractivity contribution in [2.45, 2.75) is 45.4 Å². The Hall–Kier alpha value is -4.17. The van der Waals surface area contributed by atoms with E-state index < -0.39 is 0 Å². The molecule has 6 rings (SSSR count). The van der Waals surface area contributed by atoms with E-state index >= 15 is 0 Å². The maximum absolute atomic E-state index is 8.43. The van der Waals surface area contributed by atoms with Crippen LogP contribution in [0.4, 0.5) is 0 Å². The van der Waals surface area contributed by atoms with Crippen molar-refractivity contribution in [3.05, 3.63) is 124 Å². The fourth-order valence-electron chi connectivity index (χ4n) is 6.74. The summed E-state index contributed by atoms with van der Waals surface area (Å²) in [6, 6.07) is 26.3. The molecule has 1 heterocycles. The highest BCUT2D eigenvalue weighted by molar-refractivity contribution is 6.15. The van der Waals surface area contributed by atoms with Gasteiger partial charge in [0.25, 0.3) is 0 Å². The van der Waals surface area contributed by atoms with Crippen molar-refractivity contribution in [3.63, 3.8) is 0 Å². The summed E-state index contributed by atoms with van der Waals surface area (Å²) in [5.74, 6) is 0. The third kappa shape index (κ3) is 3.16. The number of para-hydroxylation sites is 1. The average molecular weight is 495 g/mol. The second-order valence-electron chi connectivity index (χ2n) is 11.5. The normalized spacial score (nSPS) is 21.6. The van der Waals surface area contributed by atoms with Gasteiger partial charge in [-0.1, -0.05) is 113 Å². The van der Waals surface area contributed by atoms with E-state index in [0.717, 1.165) is 11.2 Å². The minimum absolute atomic E-state index is 0.215. The number of hydrogen-bond donors (Lipinski definition) is 1. The minimum atomic E-state index is -0.242. The molecule has 0 bridgehead atoms. The lowest BCUT2D eigenvalue weighted by molar-refractivity contribution is 0.679. The summed E-state index contributed by atoms with van der Waals surface area (Å²) in [5, 5.41) is 12.1. The number of allylic oxidation sites excluding steroid dienone is 4. The molecule has 2 heteroatoms. The standard InChI is InChI=1S/C36H34N2/c1-7-14-25(22-37)38-31-20-13-10-17-27(31)32-23(2)35(3,4)29-18-11-8-15-24(29)21-28-26-16-9-12-19-30(26)36(5,6)33(28)34(32)38/h7-22,37H,1H2,2-6H3/b25-14+,28-21+,32-23+,34-33-,37-22?. The second-order valence-corrected chi connectivity index (χ2v) is 11.5. The topological polar surface area (TPSA) is 28.8 Å². The van der Waals surface area contributed by atoms with E-state index in [4.69, 9.17) is 5.41 Å². The second kappa shape index (κ2) is 8.43. The molecule has 0 atom stereocenters. The lowest BCUT2D eigenvalue weighted by Gasteiger charge is -2.28. The monoisotopic (exact) mass is 494 g/mol. The van der Waals surface area contributed by atoms with Crippen LogP contribution in [0.3, 0.4) is 0 Å². The van der Waals surface area contributed by atoms with Crippen LogP contribution in [0.1, 0.15) is 56.9 Å². The van der Waals surface area contributed by atoms with Crippen LogP contribution in [-0.4, -0.2) is 10.8 Å². The van der Waals surface area contributed by atoms with Gasteiger partial charge in [-0.2, -0.15) is 0 Å². The van der Waals surface area contributed by atoms with Crippen LogP contribution in [0.5, 0.6) is 0 Å². The van der Waals surface area contributed by atoms with E-state index in [1.807, 2.05) is 6.08 Å². The highest BCUT2D eigenvalue weighted by atomic mass is 15.0. The van der Waals surface area contributed by atoms with Crippen molar-refractivity contribution in [1.82, 2.24) is 4.57 Å². The van der Waals surface area contributed by atoms with Gasteiger partial charge in [0, 0.05) is 27.6 Å². The maximum Gasteiger partial charge on any atom is 0.0637 e. The van der Waals surface area contributed by atoms with E-state index in [0.29, 0.717) is 0 Å². The molecular formula is C36H34N2. The molecule has 0 radical (unpaired) electrons. The molecular weight excluding hydrogens is 460 g/mol. The first-order chi connectivity index (χ1) is 18.2. The fourth-order valence-corrected chi connectivity index (χ4v) is 6.74. The van der Waals surface area contributed by atoms with E-state index in [1.54, 1.807) is 6.08 Å². The SMILES string of the molecule is C=C/C=C(\C=N)n1c2/c(c3ccccc31)=C(\C)C(C)(C)c1ccccc1\C=C1\C=2C(C)(C)c2ccccc21. The molecule has 0 unspecified atom stereocenters. The zero-order chi connectivity index (χ0) is 26.8. The van der Waals surface area contributed by atoms with Crippen LogP contribution in [0.2, 0.25) is 0 Å². The molecule has 0 fully saturated rings. The summed E-state index contributed by atoms with van der Waals surface area (Å²) in [5.41, 5.74) is 10.5. The van der Waals surface area contributed by atoms with Gasteiger partial charge in [-0.05, 0) is 58.5 Å². The van der Waals surface area contributed by atoms with Crippen molar-refractivity contribution in [2.24, 2.45) is 0 Å². The van der Waals surface area contributed by atoms with Gasteiger partial charge in [0.1, 0.15) is 0 Å². The quantitative estimate of drug-likeness (QED) is 0.226. The Morgan fingerprint density at radius 1 is 0.842 bits per heavy atom. The van der Waals surface area contributed by atoms with Crippen molar-refractivity contribution in [1.29, 1.82) is 5.41 Å². The maximum atomic E-state index is 8.43. The minimum Gasteiger partial charge on any atom is -0.307 e. The fraction of sp³-hybridized carbons (Fsp3) is 0.194. The third-order valence-corrected chi connectivity index (χ3v) is 8.84. The summed E-state index contributed by atoms with van der Waals surface area (Å²) in [6.45, 7) is 15.7. The molecule has 0 aliphatic heterocycles. The molecule has 0 saturated carbocycles. The molecule has 1 aromatic heterocycles. The Labute approximate surface area is 225 Å². The number of benzene rings is 3. The highest BCUT2D eigenvalue weighted by Crippen LogP contribution is 2.51. The summed E-state index contributed by atoms with van der Waals surface area (Å²) < 4.78 is 2.30. The molecule has 2 aliphatic rings. The largest absolute Gasteiger partial charge is 0.307 e.